The SMILES string of the molecule is C.C.CC(=O)O.CCC(C)=O.CCC(C)=O.CN.CN.COC=O. The van der Waals surface area contributed by atoms with Gasteiger partial charge in [0.05, 0.1) is 7.11 Å². The molecule has 0 atom stereocenters. The zero-order valence-electron chi connectivity index (χ0n) is 15.1. The van der Waals surface area contributed by atoms with Crippen LogP contribution in [0.15, 0.2) is 0 Å². The van der Waals surface area contributed by atoms with Crippen LogP contribution in [0.1, 0.15) is 62.3 Å². The van der Waals surface area contributed by atoms with E-state index in [1.54, 1.807) is 13.8 Å². The van der Waals surface area contributed by atoms with Gasteiger partial charge in [0.25, 0.3) is 12.4 Å². The van der Waals surface area contributed by atoms with Crippen molar-refractivity contribution in [3.05, 3.63) is 0 Å². The van der Waals surface area contributed by atoms with Gasteiger partial charge in [-0.2, -0.15) is 0 Å². The molecule has 0 aliphatic rings. The average molecular weight is 359 g/mol. The van der Waals surface area contributed by atoms with Gasteiger partial charge in [-0.3, -0.25) is 9.59 Å². The molecule has 0 bridgehead atoms. The fourth-order valence-corrected chi connectivity index (χ4v) is 0. The van der Waals surface area contributed by atoms with E-state index < -0.39 is 5.97 Å². The third-order valence-electron chi connectivity index (χ3n) is 1.09. The van der Waals surface area contributed by atoms with Gasteiger partial charge < -0.3 is 30.9 Å². The zero-order chi connectivity index (χ0) is 19.6. The third kappa shape index (κ3) is 727. The summed E-state index contributed by atoms with van der Waals surface area (Å²) in [4.78, 5) is 37.6. The van der Waals surface area contributed by atoms with Crippen molar-refractivity contribution in [2.24, 2.45) is 11.5 Å². The number of nitrogens with two attached hydrogens (primary N) is 2. The van der Waals surface area contributed by atoms with Crippen LogP contribution in [0.2, 0.25) is 0 Å². The fourth-order valence-electron chi connectivity index (χ4n) is 0. The third-order valence-corrected chi connectivity index (χ3v) is 1.09. The van der Waals surface area contributed by atoms with Crippen LogP contribution in [-0.2, 0) is 23.9 Å². The Morgan fingerprint density at radius 3 is 0.958 bits per heavy atom. The highest BCUT2D eigenvalue weighted by Crippen LogP contribution is 1.72. The summed E-state index contributed by atoms with van der Waals surface area (Å²) in [5.74, 6) is -0.324. The fraction of sp³-hybridized carbons (Fsp3) is 0.750. The van der Waals surface area contributed by atoms with Crippen LogP contribution in [0.25, 0.3) is 0 Å². The van der Waals surface area contributed by atoms with E-state index in [-0.39, 0.29) is 26.4 Å². The minimum atomic E-state index is -0.833. The van der Waals surface area contributed by atoms with Gasteiger partial charge in [0.2, 0.25) is 0 Å². The van der Waals surface area contributed by atoms with Crippen LogP contribution < -0.4 is 11.5 Å². The summed E-state index contributed by atoms with van der Waals surface area (Å²) in [6, 6.07) is 0. The van der Waals surface area contributed by atoms with Crippen LogP contribution >= 0.6 is 0 Å². The first-order valence-corrected chi connectivity index (χ1v) is 6.49. The smallest absolute Gasteiger partial charge is 0.300 e. The second kappa shape index (κ2) is 69.0. The molecular weight excluding hydrogens is 316 g/mol. The van der Waals surface area contributed by atoms with Gasteiger partial charge in [-0.15, -0.1) is 0 Å². The maximum Gasteiger partial charge on any atom is 0.300 e. The molecule has 0 saturated carbocycles. The lowest BCUT2D eigenvalue weighted by Gasteiger charge is -1.71. The lowest BCUT2D eigenvalue weighted by Crippen LogP contribution is -1.80. The van der Waals surface area contributed by atoms with Gasteiger partial charge in [0.15, 0.2) is 0 Å². The number of Topliss-reactive ketones (excluding diaryl/α,β-unsaturated/α-hetero) is 2. The van der Waals surface area contributed by atoms with Crippen molar-refractivity contribution < 1.29 is 29.0 Å². The molecule has 0 aromatic heterocycles. The van der Waals surface area contributed by atoms with E-state index in [1.165, 1.54) is 21.2 Å². The molecule has 0 fully saturated rings. The van der Waals surface area contributed by atoms with Crippen LogP contribution in [0.5, 0.6) is 0 Å². The van der Waals surface area contributed by atoms with Gasteiger partial charge in [0, 0.05) is 19.8 Å². The molecule has 0 saturated heterocycles. The van der Waals surface area contributed by atoms with Crippen molar-refractivity contribution in [2.75, 3.05) is 21.2 Å². The Labute approximate surface area is 148 Å². The van der Waals surface area contributed by atoms with E-state index in [0.29, 0.717) is 19.3 Å². The van der Waals surface area contributed by atoms with Crippen molar-refractivity contribution in [1.82, 2.24) is 0 Å². The van der Waals surface area contributed by atoms with Crippen molar-refractivity contribution >= 4 is 24.0 Å². The molecule has 8 heteroatoms. The van der Waals surface area contributed by atoms with Gasteiger partial charge in [-0.05, 0) is 27.9 Å². The second-order valence-electron chi connectivity index (χ2n) is 2.96. The van der Waals surface area contributed by atoms with Crippen molar-refractivity contribution in [3.8, 4) is 0 Å². The standard InChI is InChI=1S/2C4H8O.2C2H4O2.2CH5N.2CH4/c2*1-3-4(2)5;1-4-2-3;1-2(3)4;2*1-2;;/h2*3H2,1-2H3;2H,1H3;1H3,(H,3,4);2*2H2,1H3;2*1H4. The molecule has 0 radical (unpaired) electrons. The van der Waals surface area contributed by atoms with E-state index in [0.717, 1.165) is 6.92 Å². The molecule has 0 rings (SSSR count). The maximum atomic E-state index is 9.81. The van der Waals surface area contributed by atoms with Crippen molar-refractivity contribution in [1.29, 1.82) is 0 Å². The first kappa shape index (κ1) is 49.5. The Morgan fingerprint density at radius 2 is 0.958 bits per heavy atom. The first-order chi connectivity index (χ1) is 10.2. The number of carboxylic acids is 1. The summed E-state index contributed by atoms with van der Waals surface area (Å²) in [7, 11) is 4.31. The number of ether oxygens (including phenoxy) is 1. The number of aliphatic carboxylic acids is 1. The summed E-state index contributed by atoms with van der Waals surface area (Å²) in [6.45, 7) is 8.32. The highest BCUT2D eigenvalue weighted by Gasteiger charge is 1.77. The Kier molecular flexibility index (Phi) is 142. The summed E-state index contributed by atoms with van der Waals surface area (Å²) in [6.07, 6.45) is 1.33. The largest absolute Gasteiger partial charge is 0.481 e. The molecule has 0 aromatic rings. The molecule has 0 aliphatic carbocycles. The number of ketones is 2. The van der Waals surface area contributed by atoms with E-state index in [2.05, 4.69) is 16.2 Å². The molecule has 0 aromatic carbocycles. The lowest BCUT2D eigenvalue weighted by molar-refractivity contribution is -0.134. The number of hydrogen-bond donors (Lipinski definition) is 3. The van der Waals surface area contributed by atoms with Gasteiger partial charge in [-0.25, -0.2) is 0 Å². The topological polar surface area (TPSA) is 150 Å². The molecule has 0 amide bonds. The van der Waals surface area contributed by atoms with E-state index >= 15 is 0 Å². The lowest BCUT2D eigenvalue weighted by atomic mass is 10.4. The molecule has 8 nitrogen and oxygen atoms in total. The van der Waals surface area contributed by atoms with Crippen LogP contribution in [-0.4, -0.2) is 50.3 Å². The summed E-state index contributed by atoms with van der Waals surface area (Å²) >= 11 is 0. The van der Waals surface area contributed by atoms with E-state index in [9.17, 15) is 9.59 Å². The van der Waals surface area contributed by atoms with E-state index in [4.69, 9.17) is 14.7 Å². The predicted octanol–water partition coefficient (Wildman–Crippen LogP) is 2.27. The summed E-state index contributed by atoms with van der Waals surface area (Å²) in [5.41, 5.74) is 9.00. The molecule has 0 aliphatic heterocycles. The number of carbonyl (C=O) groups is 4. The highest BCUT2D eigenvalue weighted by atomic mass is 16.5. The van der Waals surface area contributed by atoms with Crippen molar-refractivity contribution in [3.63, 3.8) is 0 Å². The van der Waals surface area contributed by atoms with Crippen molar-refractivity contribution in [2.45, 2.75) is 62.3 Å². The monoisotopic (exact) mass is 358 g/mol. The van der Waals surface area contributed by atoms with Gasteiger partial charge in [0.1, 0.15) is 11.6 Å². The number of carbonyl (C=O) groups excluding carboxylic acids is 3. The maximum absolute atomic E-state index is 9.81. The number of rotatable bonds is 3. The summed E-state index contributed by atoms with van der Waals surface area (Å²) < 4.78 is 3.86. The molecule has 0 unspecified atom stereocenters. The predicted molar refractivity (Wildman–Crippen MR) is 102 cm³/mol. The molecule has 0 heterocycles. The minimum Gasteiger partial charge on any atom is -0.481 e. The first-order valence-electron chi connectivity index (χ1n) is 6.49. The molecular formula is C16H42N2O6. The second-order valence-corrected chi connectivity index (χ2v) is 2.96. The average Bonchev–Trinajstić information content (AvgIpc) is 2.51. The Balaban J connectivity index is -0.0000000217. The Hall–Kier alpha value is -1.80. The van der Waals surface area contributed by atoms with Gasteiger partial charge >= 0.3 is 0 Å². The Bertz CT molecular complexity index is 217. The number of carboxylic acid groups (broad SMARTS) is 1. The minimum absolute atomic E-state index is 0. The number of methoxy groups -OCH3 is 1. The highest BCUT2D eigenvalue weighted by molar-refractivity contribution is 5.75. The molecule has 24 heavy (non-hydrogen) atoms. The van der Waals surface area contributed by atoms with Crippen LogP contribution in [0.3, 0.4) is 0 Å². The Morgan fingerprint density at radius 1 is 0.875 bits per heavy atom. The van der Waals surface area contributed by atoms with E-state index in [1.807, 2.05) is 13.8 Å². The molecule has 5 N–H and O–H groups in total. The summed E-state index contributed by atoms with van der Waals surface area (Å²) in [5, 5.41) is 7.42. The number of hydrogen-bond acceptors (Lipinski definition) is 7. The molecule has 152 valence electrons. The molecule has 0 spiro atoms. The van der Waals surface area contributed by atoms with Crippen LogP contribution in [0.4, 0.5) is 0 Å². The van der Waals surface area contributed by atoms with Gasteiger partial charge in [-0.1, -0.05) is 28.7 Å². The normalized spacial score (nSPS) is 5.58. The zero-order valence-corrected chi connectivity index (χ0v) is 15.1. The van der Waals surface area contributed by atoms with Crippen LogP contribution in [0, 0.1) is 0 Å². The quantitative estimate of drug-likeness (QED) is 0.650.